The van der Waals surface area contributed by atoms with Crippen LogP contribution >= 0.6 is 22.6 Å². The first-order valence-electron chi connectivity index (χ1n) is 12.0. The van der Waals surface area contributed by atoms with Crippen molar-refractivity contribution in [2.24, 2.45) is 0 Å². The van der Waals surface area contributed by atoms with E-state index in [0.29, 0.717) is 6.42 Å². The molecule has 0 bridgehead atoms. The van der Waals surface area contributed by atoms with Gasteiger partial charge in [0, 0.05) is 3.57 Å². The predicted molar refractivity (Wildman–Crippen MR) is 152 cm³/mol. The molecule has 1 N–H and O–H groups in total. The molecular formula is C28H43IO3S. The minimum absolute atomic E-state index is 0.0842. The monoisotopic (exact) mass is 586 g/mol. The van der Waals surface area contributed by atoms with Gasteiger partial charge >= 0.3 is 0 Å². The lowest BCUT2D eigenvalue weighted by atomic mass is 9.85. The first-order valence-corrected chi connectivity index (χ1v) is 14.7. The first kappa shape index (κ1) is 30.1. The molecule has 0 saturated carbocycles. The van der Waals surface area contributed by atoms with E-state index in [-0.39, 0.29) is 16.6 Å². The zero-order valence-corrected chi connectivity index (χ0v) is 24.5. The highest BCUT2D eigenvalue weighted by atomic mass is 127. The van der Waals surface area contributed by atoms with E-state index in [2.05, 4.69) is 114 Å². The van der Waals surface area contributed by atoms with Gasteiger partial charge in [0.1, 0.15) is 0 Å². The Morgan fingerprint density at radius 2 is 1.24 bits per heavy atom. The Morgan fingerprint density at radius 3 is 1.70 bits per heavy atom. The summed E-state index contributed by atoms with van der Waals surface area (Å²) < 4.78 is 30.3. The second-order valence-corrected chi connectivity index (χ2v) is 13.6. The zero-order valence-electron chi connectivity index (χ0n) is 21.5. The molecule has 0 amide bonds. The molecule has 0 aliphatic carbocycles. The summed E-state index contributed by atoms with van der Waals surface area (Å²) in [5.74, 6) is -0.0842. The van der Waals surface area contributed by atoms with E-state index < -0.39 is 10.1 Å². The maximum atomic E-state index is 10.3. The minimum Gasteiger partial charge on any atom is -0.286 e. The molecule has 0 aliphatic rings. The van der Waals surface area contributed by atoms with Crippen LogP contribution in [0.1, 0.15) is 98.1 Å². The van der Waals surface area contributed by atoms with Crippen LogP contribution < -0.4 is 0 Å². The Kier molecular flexibility index (Phi) is 12.1. The molecule has 0 aromatic heterocycles. The highest BCUT2D eigenvalue weighted by Gasteiger charge is 2.16. The van der Waals surface area contributed by atoms with E-state index in [0.717, 1.165) is 12.8 Å². The molecule has 2 rings (SSSR count). The molecule has 3 nitrogen and oxygen atoms in total. The fraction of sp³-hybridized carbons (Fsp3) is 0.571. The van der Waals surface area contributed by atoms with E-state index in [4.69, 9.17) is 4.55 Å². The number of unbranched alkanes of at least 4 members (excludes halogenated alkanes) is 5. The molecule has 0 atom stereocenters. The number of rotatable bonds is 8. The zero-order chi connectivity index (χ0) is 25.3. The third-order valence-electron chi connectivity index (χ3n) is 5.65. The molecule has 2 aromatic carbocycles. The van der Waals surface area contributed by atoms with Gasteiger partial charge in [0.25, 0.3) is 10.1 Å². The van der Waals surface area contributed by atoms with Crippen LogP contribution in [0.4, 0.5) is 0 Å². The van der Waals surface area contributed by atoms with Gasteiger partial charge in [-0.2, -0.15) is 8.42 Å². The number of hydrogen-bond acceptors (Lipinski definition) is 2. The van der Waals surface area contributed by atoms with Crippen molar-refractivity contribution < 1.29 is 13.0 Å². The van der Waals surface area contributed by atoms with Gasteiger partial charge < -0.3 is 0 Å². The van der Waals surface area contributed by atoms with Crippen molar-refractivity contribution in [1.82, 2.24) is 0 Å². The highest BCUT2D eigenvalue weighted by Crippen LogP contribution is 2.32. The molecule has 2 aromatic rings. The molecule has 186 valence electrons. The van der Waals surface area contributed by atoms with Crippen molar-refractivity contribution in [1.29, 1.82) is 0 Å². The summed E-state index contributed by atoms with van der Waals surface area (Å²) in [7, 11) is -3.72. The minimum atomic E-state index is -3.72. The van der Waals surface area contributed by atoms with Crippen molar-refractivity contribution >= 4 is 32.7 Å². The smallest absolute Gasteiger partial charge is 0.264 e. The largest absolute Gasteiger partial charge is 0.286 e. The number of hydrogen-bond donors (Lipinski definition) is 1. The SMILES string of the molecule is CC(C)(C)c1ccc(-c2ccc(C(C)(C)C)cc2I)cc1.CCCCCCCCS(=O)(=O)O. The van der Waals surface area contributed by atoms with Gasteiger partial charge in [0.05, 0.1) is 5.75 Å². The van der Waals surface area contributed by atoms with Gasteiger partial charge in [0.2, 0.25) is 0 Å². The number of halogens is 1. The van der Waals surface area contributed by atoms with Crippen LogP contribution in [-0.4, -0.2) is 18.7 Å². The van der Waals surface area contributed by atoms with Crippen LogP contribution in [0.2, 0.25) is 0 Å². The Balaban J connectivity index is 0.000000389. The van der Waals surface area contributed by atoms with Crippen LogP contribution in [0.5, 0.6) is 0 Å². The molecule has 5 heteroatoms. The Hall–Kier alpha value is -0.920. The molecule has 0 aliphatic heterocycles. The highest BCUT2D eigenvalue weighted by molar-refractivity contribution is 14.1. The molecule has 0 fully saturated rings. The third kappa shape index (κ3) is 11.9. The van der Waals surface area contributed by atoms with Gasteiger partial charge in [-0.15, -0.1) is 0 Å². The summed E-state index contributed by atoms with van der Waals surface area (Å²) in [6.45, 7) is 15.7. The Bertz CT molecular complexity index is 950. The summed E-state index contributed by atoms with van der Waals surface area (Å²) in [6.07, 6.45) is 6.14. The van der Waals surface area contributed by atoms with Crippen LogP contribution in [0.25, 0.3) is 11.1 Å². The van der Waals surface area contributed by atoms with E-state index in [1.807, 2.05) is 0 Å². The standard InChI is InChI=1S/C20H25I.C8H18O3S/c1-19(2,3)15-9-7-14(8-10-15)17-12-11-16(13-18(17)21)20(4,5)6;1-2-3-4-5-6-7-8-12(9,10)11/h7-13H,1-6H3;2-8H2,1H3,(H,9,10,11). The average Bonchev–Trinajstić information content (AvgIpc) is 2.69. The third-order valence-corrected chi connectivity index (χ3v) is 7.35. The first-order chi connectivity index (χ1) is 15.1. The summed E-state index contributed by atoms with van der Waals surface area (Å²) in [5.41, 5.74) is 5.81. The summed E-state index contributed by atoms with van der Waals surface area (Å²) in [6, 6.07) is 15.8. The van der Waals surface area contributed by atoms with Crippen molar-refractivity contribution in [2.45, 2.75) is 97.8 Å². The van der Waals surface area contributed by atoms with Crippen molar-refractivity contribution in [3.8, 4) is 11.1 Å². The molecule has 0 saturated heterocycles. The topological polar surface area (TPSA) is 54.4 Å². The van der Waals surface area contributed by atoms with E-state index in [1.165, 1.54) is 45.1 Å². The second-order valence-electron chi connectivity index (χ2n) is 10.8. The lowest BCUT2D eigenvalue weighted by Crippen LogP contribution is -2.11. The second kappa shape index (κ2) is 13.2. The lowest BCUT2D eigenvalue weighted by molar-refractivity contribution is 0.478. The predicted octanol–water partition coefficient (Wildman–Crippen LogP) is 8.79. The number of benzene rings is 2. The van der Waals surface area contributed by atoms with Crippen LogP contribution in [0.3, 0.4) is 0 Å². The molecule has 0 heterocycles. The van der Waals surface area contributed by atoms with Crippen LogP contribution in [0, 0.1) is 3.57 Å². The Morgan fingerprint density at radius 1 is 0.758 bits per heavy atom. The normalized spacial score (nSPS) is 12.3. The summed E-state index contributed by atoms with van der Waals surface area (Å²) in [4.78, 5) is 0. The van der Waals surface area contributed by atoms with Crippen LogP contribution in [-0.2, 0) is 20.9 Å². The summed E-state index contributed by atoms with van der Waals surface area (Å²) in [5, 5.41) is 0. The fourth-order valence-corrected chi connectivity index (χ4v) is 4.83. The van der Waals surface area contributed by atoms with E-state index in [1.54, 1.807) is 0 Å². The van der Waals surface area contributed by atoms with Gasteiger partial charge in [-0.3, -0.25) is 4.55 Å². The van der Waals surface area contributed by atoms with Gasteiger partial charge in [-0.05, 0) is 68.2 Å². The maximum absolute atomic E-state index is 10.3. The molecule has 33 heavy (non-hydrogen) atoms. The quantitative estimate of drug-likeness (QED) is 0.191. The fourth-order valence-electron chi connectivity index (χ4n) is 3.43. The van der Waals surface area contributed by atoms with E-state index >= 15 is 0 Å². The van der Waals surface area contributed by atoms with Gasteiger partial charge in [0.15, 0.2) is 0 Å². The average molecular weight is 587 g/mol. The molecule has 0 spiro atoms. The Labute approximate surface area is 216 Å². The molecule has 0 unspecified atom stereocenters. The van der Waals surface area contributed by atoms with Crippen molar-refractivity contribution in [3.05, 3.63) is 57.2 Å². The lowest BCUT2D eigenvalue weighted by Gasteiger charge is -2.21. The van der Waals surface area contributed by atoms with Crippen molar-refractivity contribution in [3.63, 3.8) is 0 Å². The summed E-state index contributed by atoms with van der Waals surface area (Å²) >= 11 is 2.45. The van der Waals surface area contributed by atoms with E-state index in [9.17, 15) is 8.42 Å². The van der Waals surface area contributed by atoms with Crippen LogP contribution in [0.15, 0.2) is 42.5 Å². The van der Waals surface area contributed by atoms with Crippen molar-refractivity contribution in [2.75, 3.05) is 5.75 Å². The maximum Gasteiger partial charge on any atom is 0.264 e. The van der Waals surface area contributed by atoms with Gasteiger partial charge in [-0.1, -0.05) is 117 Å². The molecular weight excluding hydrogens is 543 g/mol. The molecule has 0 radical (unpaired) electrons. The van der Waals surface area contributed by atoms with Gasteiger partial charge in [-0.25, -0.2) is 0 Å².